The molecule has 3 aromatic rings. The first-order chi connectivity index (χ1) is 7.45. The summed E-state index contributed by atoms with van der Waals surface area (Å²) in [5, 5.41) is 2.58. The standard InChI is InChI=1S/C14H11N/c1-2-7-12-11(5-1)6-3-8-13(12)14-9-4-10-15-14/h1-10,15H. The lowest BCUT2D eigenvalue weighted by atomic mass is 10.0. The molecule has 0 aliphatic heterocycles. The summed E-state index contributed by atoms with van der Waals surface area (Å²) >= 11 is 0. The van der Waals surface area contributed by atoms with Gasteiger partial charge < -0.3 is 4.98 Å². The summed E-state index contributed by atoms with van der Waals surface area (Å²) in [6.45, 7) is 0. The molecule has 0 bridgehead atoms. The molecule has 15 heavy (non-hydrogen) atoms. The zero-order valence-corrected chi connectivity index (χ0v) is 8.27. The Balaban J connectivity index is 2.36. The predicted octanol–water partition coefficient (Wildman–Crippen LogP) is 3.83. The van der Waals surface area contributed by atoms with Gasteiger partial charge in [-0.25, -0.2) is 0 Å². The van der Waals surface area contributed by atoms with Crippen molar-refractivity contribution >= 4 is 10.8 Å². The fourth-order valence-corrected chi connectivity index (χ4v) is 1.96. The van der Waals surface area contributed by atoms with Crippen LogP contribution in [0, 0.1) is 0 Å². The van der Waals surface area contributed by atoms with Gasteiger partial charge in [0.2, 0.25) is 0 Å². The van der Waals surface area contributed by atoms with Crippen LogP contribution in [0.2, 0.25) is 0 Å². The maximum Gasteiger partial charge on any atom is 0.0460 e. The average Bonchev–Trinajstić information content (AvgIpc) is 2.82. The van der Waals surface area contributed by atoms with Crippen molar-refractivity contribution in [3.8, 4) is 11.3 Å². The van der Waals surface area contributed by atoms with E-state index >= 15 is 0 Å². The molecule has 0 atom stereocenters. The number of hydrogen-bond donors (Lipinski definition) is 1. The van der Waals surface area contributed by atoms with E-state index < -0.39 is 0 Å². The third-order valence-corrected chi connectivity index (χ3v) is 2.68. The Bertz CT molecular complexity index is 574. The van der Waals surface area contributed by atoms with E-state index in [-0.39, 0.29) is 0 Å². The third kappa shape index (κ3) is 1.33. The number of nitrogens with one attached hydrogen (secondary N) is 1. The molecule has 1 N–H and O–H groups in total. The van der Waals surface area contributed by atoms with Gasteiger partial charge in [0.1, 0.15) is 0 Å². The van der Waals surface area contributed by atoms with Crippen LogP contribution in [0.1, 0.15) is 0 Å². The first-order valence-electron chi connectivity index (χ1n) is 5.07. The quantitative estimate of drug-likeness (QED) is 0.604. The molecule has 1 nitrogen and oxygen atoms in total. The molecule has 0 radical (unpaired) electrons. The van der Waals surface area contributed by atoms with Crippen LogP contribution in [-0.2, 0) is 0 Å². The second-order valence-corrected chi connectivity index (χ2v) is 3.61. The molecular formula is C14H11N. The van der Waals surface area contributed by atoms with Crippen molar-refractivity contribution in [2.45, 2.75) is 0 Å². The normalized spacial score (nSPS) is 10.7. The summed E-state index contributed by atoms with van der Waals surface area (Å²) in [4.78, 5) is 3.25. The number of rotatable bonds is 1. The number of aromatic amines is 1. The van der Waals surface area contributed by atoms with Crippen LogP contribution >= 0.6 is 0 Å². The molecule has 0 aliphatic carbocycles. The Labute approximate surface area is 88.4 Å². The fourth-order valence-electron chi connectivity index (χ4n) is 1.96. The van der Waals surface area contributed by atoms with Gasteiger partial charge in [0.25, 0.3) is 0 Å². The van der Waals surface area contributed by atoms with Crippen molar-refractivity contribution in [2.75, 3.05) is 0 Å². The van der Waals surface area contributed by atoms with E-state index in [1.54, 1.807) is 0 Å². The smallest absolute Gasteiger partial charge is 0.0460 e. The molecular weight excluding hydrogens is 182 g/mol. The maximum atomic E-state index is 3.25. The largest absolute Gasteiger partial charge is 0.361 e. The topological polar surface area (TPSA) is 15.8 Å². The number of benzene rings is 2. The molecule has 0 spiro atoms. The van der Waals surface area contributed by atoms with Crippen molar-refractivity contribution in [1.82, 2.24) is 4.98 Å². The Morgan fingerprint density at radius 3 is 2.47 bits per heavy atom. The van der Waals surface area contributed by atoms with Gasteiger partial charge in [-0.2, -0.15) is 0 Å². The second kappa shape index (κ2) is 3.28. The van der Waals surface area contributed by atoms with E-state index in [0.29, 0.717) is 0 Å². The van der Waals surface area contributed by atoms with Gasteiger partial charge in [-0.3, -0.25) is 0 Å². The molecule has 2 aromatic carbocycles. The van der Waals surface area contributed by atoms with E-state index in [1.165, 1.54) is 22.0 Å². The highest BCUT2D eigenvalue weighted by atomic mass is 14.7. The summed E-state index contributed by atoms with van der Waals surface area (Å²) in [7, 11) is 0. The van der Waals surface area contributed by atoms with Crippen LogP contribution in [0.15, 0.2) is 60.8 Å². The Morgan fingerprint density at radius 1 is 0.733 bits per heavy atom. The van der Waals surface area contributed by atoms with E-state index in [2.05, 4.69) is 53.5 Å². The van der Waals surface area contributed by atoms with Crippen LogP contribution in [0.5, 0.6) is 0 Å². The number of hydrogen-bond acceptors (Lipinski definition) is 0. The van der Waals surface area contributed by atoms with Gasteiger partial charge in [0.15, 0.2) is 0 Å². The molecule has 0 aliphatic rings. The monoisotopic (exact) mass is 193 g/mol. The Kier molecular flexibility index (Phi) is 1.82. The lowest BCUT2D eigenvalue weighted by Crippen LogP contribution is -1.80. The van der Waals surface area contributed by atoms with Gasteiger partial charge in [-0.05, 0) is 22.9 Å². The molecule has 1 heteroatoms. The molecule has 72 valence electrons. The molecule has 0 fully saturated rings. The van der Waals surface area contributed by atoms with Gasteiger partial charge in [0, 0.05) is 17.5 Å². The Hall–Kier alpha value is -2.02. The van der Waals surface area contributed by atoms with Crippen molar-refractivity contribution < 1.29 is 0 Å². The fraction of sp³-hybridized carbons (Fsp3) is 0. The van der Waals surface area contributed by atoms with Gasteiger partial charge in [0.05, 0.1) is 0 Å². The molecule has 0 saturated heterocycles. The van der Waals surface area contributed by atoms with Crippen molar-refractivity contribution in [1.29, 1.82) is 0 Å². The van der Waals surface area contributed by atoms with Crippen molar-refractivity contribution in [2.24, 2.45) is 0 Å². The molecule has 0 saturated carbocycles. The SMILES string of the molecule is c1c[nH]c(-c2cccc3ccccc23)c1. The van der Waals surface area contributed by atoms with E-state index in [0.717, 1.165) is 0 Å². The molecule has 1 heterocycles. The highest BCUT2D eigenvalue weighted by molar-refractivity contribution is 5.95. The summed E-state index contributed by atoms with van der Waals surface area (Å²) in [5.74, 6) is 0. The second-order valence-electron chi connectivity index (χ2n) is 3.61. The van der Waals surface area contributed by atoms with Gasteiger partial charge >= 0.3 is 0 Å². The minimum Gasteiger partial charge on any atom is -0.361 e. The third-order valence-electron chi connectivity index (χ3n) is 2.68. The van der Waals surface area contributed by atoms with Gasteiger partial charge in [-0.15, -0.1) is 0 Å². The first-order valence-corrected chi connectivity index (χ1v) is 5.07. The van der Waals surface area contributed by atoms with Crippen LogP contribution in [0.25, 0.3) is 22.0 Å². The summed E-state index contributed by atoms with van der Waals surface area (Å²) in [5.41, 5.74) is 2.44. The van der Waals surface area contributed by atoms with Gasteiger partial charge in [-0.1, -0.05) is 42.5 Å². The van der Waals surface area contributed by atoms with Crippen molar-refractivity contribution in [3.05, 3.63) is 60.8 Å². The summed E-state index contributed by atoms with van der Waals surface area (Å²) < 4.78 is 0. The molecule has 0 unspecified atom stereocenters. The number of H-pyrrole nitrogens is 1. The minimum absolute atomic E-state index is 1.17. The van der Waals surface area contributed by atoms with E-state index in [4.69, 9.17) is 0 Å². The molecule has 3 rings (SSSR count). The van der Waals surface area contributed by atoms with Crippen LogP contribution in [0.3, 0.4) is 0 Å². The summed E-state index contributed by atoms with van der Waals surface area (Å²) in [6.07, 6.45) is 1.96. The van der Waals surface area contributed by atoms with Crippen LogP contribution < -0.4 is 0 Å². The van der Waals surface area contributed by atoms with Crippen LogP contribution in [0.4, 0.5) is 0 Å². The van der Waals surface area contributed by atoms with E-state index in [9.17, 15) is 0 Å². The molecule has 0 amide bonds. The lowest BCUT2D eigenvalue weighted by Gasteiger charge is -2.03. The summed E-state index contributed by atoms with van der Waals surface area (Å²) in [6, 6.07) is 19.0. The molecule has 1 aromatic heterocycles. The average molecular weight is 193 g/mol. The van der Waals surface area contributed by atoms with Crippen LogP contribution in [-0.4, -0.2) is 4.98 Å². The Morgan fingerprint density at radius 2 is 1.60 bits per heavy atom. The minimum atomic E-state index is 1.17. The zero-order valence-electron chi connectivity index (χ0n) is 8.27. The highest BCUT2D eigenvalue weighted by Gasteiger charge is 2.02. The lowest BCUT2D eigenvalue weighted by molar-refractivity contribution is 1.41. The zero-order chi connectivity index (χ0) is 10.1. The van der Waals surface area contributed by atoms with Crippen molar-refractivity contribution in [3.63, 3.8) is 0 Å². The number of fused-ring (bicyclic) bond motifs is 1. The first kappa shape index (κ1) is 8.30. The highest BCUT2D eigenvalue weighted by Crippen LogP contribution is 2.26. The predicted molar refractivity (Wildman–Crippen MR) is 63.7 cm³/mol. The maximum absolute atomic E-state index is 3.25. The van der Waals surface area contributed by atoms with E-state index in [1.807, 2.05) is 12.3 Å². The number of aromatic nitrogens is 1.